The van der Waals surface area contributed by atoms with Crippen molar-refractivity contribution in [2.75, 3.05) is 25.3 Å². The van der Waals surface area contributed by atoms with Gasteiger partial charge in [0.2, 0.25) is 5.91 Å². The average Bonchev–Trinajstić information content (AvgIpc) is 3.28. The second-order valence-electron chi connectivity index (χ2n) is 5.17. The van der Waals surface area contributed by atoms with Gasteiger partial charge < -0.3 is 23.6 Å². The van der Waals surface area contributed by atoms with Gasteiger partial charge in [-0.25, -0.2) is 0 Å². The smallest absolute Gasteiger partial charge is 0.277 e. The molecule has 0 unspecified atom stereocenters. The standard InChI is InChI=1S/C17H17N3O5S/c1-10-12(6-7-24-10)16-19-20-17(25-16)26-9-15(21)18-13-5-4-11(22-2)8-14(13)23-3/h4-8H,9H2,1-3H3,(H,18,21). The molecule has 8 nitrogen and oxygen atoms in total. The SMILES string of the molecule is COc1ccc(NC(=O)CSc2nnc(-c3ccoc3C)o2)c(OC)c1. The number of benzene rings is 1. The number of aryl methyl sites for hydroxylation is 1. The molecule has 0 fully saturated rings. The number of hydrogen-bond donors (Lipinski definition) is 1. The van der Waals surface area contributed by atoms with Crippen molar-refractivity contribution in [3.05, 3.63) is 36.3 Å². The van der Waals surface area contributed by atoms with Crippen LogP contribution in [0, 0.1) is 6.92 Å². The van der Waals surface area contributed by atoms with Gasteiger partial charge >= 0.3 is 0 Å². The minimum absolute atomic E-state index is 0.112. The Morgan fingerprint density at radius 2 is 2.08 bits per heavy atom. The van der Waals surface area contributed by atoms with Gasteiger partial charge in [0.15, 0.2) is 0 Å². The molecule has 1 N–H and O–H groups in total. The number of carbonyl (C=O) groups is 1. The van der Waals surface area contributed by atoms with Crippen LogP contribution in [-0.2, 0) is 4.79 Å². The monoisotopic (exact) mass is 375 g/mol. The first-order valence-corrected chi connectivity index (χ1v) is 8.62. The van der Waals surface area contributed by atoms with E-state index in [-0.39, 0.29) is 11.7 Å². The van der Waals surface area contributed by atoms with Crippen LogP contribution < -0.4 is 14.8 Å². The third-order valence-electron chi connectivity index (χ3n) is 3.51. The maximum absolute atomic E-state index is 12.2. The number of ether oxygens (including phenoxy) is 2. The van der Waals surface area contributed by atoms with Crippen LogP contribution in [-0.4, -0.2) is 36.1 Å². The molecular formula is C17H17N3O5S. The molecule has 0 aliphatic carbocycles. The predicted octanol–water partition coefficient (Wildman–Crippen LogP) is 3.39. The molecular weight excluding hydrogens is 358 g/mol. The summed E-state index contributed by atoms with van der Waals surface area (Å²) in [6.07, 6.45) is 1.55. The number of thioether (sulfide) groups is 1. The van der Waals surface area contributed by atoms with Crippen LogP contribution in [0.3, 0.4) is 0 Å². The molecule has 3 aromatic rings. The zero-order chi connectivity index (χ0) is 18.5. The summed E-state index contributed by atoms with van der Waals surface area (Å²) in [5, 5.41) is 11.0. The zero-order valence-corrected chi connectivity index (χ0v) is 15.3. The van der Waals surface area contributed by atoms with Gasteiger partial charge in [-0.2, -0.15) is 0 Å². The van der Waals surface area contributed by atoms with E-state index in [2.05, 4.69) is 15.5 Å². The Hall–Kier alpha value is -2.94. The number of hydrogen-bond acceptors (Lipinski definition) is 8. The van der Waals surface area contributed by atoms with Crippen molar-refractivity contribution in [3.63, 3.8) is 0 Å². The molecule has 2 aromatic heterocycles. The van der Waals surface area contributed by atoms with E-state index in [9.17, 15) is 4.79 Å². The van der Waals surface area contributed by atoms with Gasteiger partial charge in [0.05, 0.1) is 37.5 Å². The molecule has 0 radical (unpaired) electrons. The summed E-state index contributed by atoms with van der Waals surface area (Å²) in [6, 6.07) is 6.90. The van der Waals surface area contributed by atoms with Crippen LogP contribution in [0.1, 0.15) is 5.76 Å². The normalized spacial score (nSPS) is 10.6. The number of rotatable bonds is 7. The van der Waals surface area contributed by atoms with Crippen molar-refractivity contribution in [1.82, 2.24) is 10.2 Å². The van der Waals surface area contributed by atoms with Crippen LogP contribution in [0.25, 0.3) is 11.5 Å². The fraction of sp³-hybridized carbons (Fsp3) is 0.235. The van der Waals surface area contributed by atoms with Crippen LogP contribution in [0.15, 0.2) is 44.6 Å². The predicted molar refractivity (Wildman–Crippen MR) is 95.6 cm³/mol. The molecule has 0 saturated heterocycles. The summed E-state index contributed by atoms with van der Waals surface area (Å²) < 4.78 is 21.1. The molecule has 1 amide bonds. The van der Waals surface area contributed by atoms with Crippen molar-refractivity contribution in [2.45, 2.75) is 12.1 Å². The highest BCUT2D eigenvalue weighted by Gasteiger charge is 2.15. The highest BCUT2D eigenvalue weighted by atomic mass is 32.2. The average molecular weight is 375 g/mol. The summed E-state index contributed by atoms with van der Waals surface area (Å²) in [5.41, 5.74) is 1.29. The number of nitrogens with zero attached hydrogens (tertiary/aromatic N) is 2. The molecule has 1 aromatic carbocycles. The Morgan fingerprint density at radius 3 is 2.77 bits per heavy atom. The maximum Gasteiger partial charge on any atom is 0.277 e. The molecule has 0 aliphatic heterocycles. The van der Waals surface area contributed by atoms with Crippen LogP contribution in [0.5, 0.6) is 11.5 Å². The first-order valence-electron chi connectivity index (χ1n) is 7.63. The van der Waals surface area contributed by atoms with Gasteiger partial charge in [-0.3, -0.25) is 4.79 Å². The number of nitrogens with one attached hydrogen (secondary N) is 1. The van der Waals surface area contributed by atoms with Crippen LogP contribution >= 0.6 is 11.8 Å². The summed E-state index contributed by atoms with van der Waals surface area (Å²) in [5.74, 6) is 2.09. The van der Waals surface area contributed by atoms with Gasteiger partial charge in [-0.05, 0) is 25.1 Å². The third-order valence-corrected chi connectivity index (χ3v) is 4.32. The summed E-state index contributed by atoms with van der Waals surface area (Å²) in [7, 11) is 3.09. The molecule has 0 aliphatic rings. The summed E-state index contributed by atoms with van der Waals surface area (Å²) in [6.45, 7) is 1.81. The van der Waals surface area contributed by atoms with Gasteiger partial charge in [0.1, 0.15) is 17.3 Å². The molecule has 26 heavy (non-hydrogen) atoms. The summed E-state index contributed by atoms with van der Waals surface area (Å²) in [4.78, 5) is 12.2. The Morgan fingerprint density at radius 1 is 1.23 bits per heavy atom. The number of amides is 1. The minimum Gasteiger partial charge on any atom is -0.497 e. The van der Waals surface area contributed by atoms with E-state index in [1.54, 1.807) is 37.6 Å². The van der Waals surface area contributed by atoms with E-state index in [4.69, 9.17) is 18.3 Å². The van der Waals surface area contributed by atoms with E-state index in [0.717, 1.165) is 17.3 Å². The highest BCUT2D eigenvalue weighted by Crippen LogP contribution is 2.30. The fourth-order valence-corrected chi connectivity index (χ4v) is 2.76. The van der Waals surface area contributed by atoms with E-state index < -0.39 is 0 Å². The van der Waals surface area contributed by atoms with E-state index in [1.807, 2.05) is 6.92 Å². The van der Waals surface area contributed by atoms with Crippen LogP contribution in [0.4, 0.5) is 5.69 Å². The third kappa shape index (κ3) is 3.99. The first kappa shape index (κ1) is 17.9. The van der Waals surface area contributed by atoms with Crippen LogP contribution in [0.2, 0.25) is 0 Å². The number of anilines is 1. The lowest BCUT2D eigenvalue weighted by atomic mass is 10.2. The lowest BCUT2D eigenvalue weighted by Gasteiger charge is -2.11. The van der Waals surface area contributed by atoms with E-state index >= 15 is 0 Å². The molecule has 0 atom stereocenters. The molecule has 0 spiro atoms. The van der Waals surface area contributed by atoms with Crippen molar-refractivity contribution in [2.24, 2.45) is 0 Å². The van der Waals surface area contributed by atoms with Crippen molar-refractivity contribution in [1.29, 1.82) is 0 Å². The number of aromatic nitrogens is 2. The topological polar surface area (TPSA) is 99.6 Å². The minimum atomic E-state index is -0.224. The van der Waals surface area contributed by atoms with E-state index in [1.165, 1.54) is 7.11 Å². The number of furan rings is 1. The Labute approximate surface area is 153 Å². The maximum atomic E-state index is 12.2. The molecule has 0 saturated carbocycles. The molecule has 9 heteroatoms. The lowest BCUT2D eigenvalue weighted by molar-refractivity contribution is -0.113. The fourth-order valence-electron chi connectivity index (χ4n) is 2.20. The molecule has 136 valence electrons. The van der Waals surface area contributed by atoms with Gasteiger partial charge in [0, 0.05) is 6.07 Å². The molecule has 3 rings (SSSR count). The van der Waals surface area contributed by atoms with Gasteiger partial charge in [-0.1, -0.05) is 11.8 Å². The molecule has 2 heterocycles. The van der Waals surface area contributed by atoms with Crippen molar-refractivity contribution >= 4 is 23.4 Å². The van der Waals surface area contributed by atoms with Crippen molar-refractivity contribution < 1.29 is 23.1 Å². The first-order chi connectivity index (χ1) is 12.6. The second-order valence-corrected chi connectivity index (χ2v) is 6.09. The largest absolute Gasteiger partial charge is 0.497 e. The lowest BCUT2D eigenvalue weighted by Crippen LogP contribution is -2.14. The van der Waals surface area contributed by atoms with Gasteiger partial charge in [-0.15, -0.1) is 10.2 Å². The summed E-state index contributed by atoms with van der Waals surface area (Å²) >= 11 is 1.14. The van der Waals surface area contributed by atoms with Gasteiger partial charge in [0.25, 0.3) is 11.1 Å². The zero-order valence-electron chi connectivity index (χ0n) is 14.4. The number of carbonyl (C=O) groups excluding carboxylic acids is 1. The van der Waals surface area contributed by atoms with Crippen molar-refractivity contribution in [3.8, 4) is 23.0 Å². The Balaban J connectivity index is 1.60. The highest BCUT2D eigenvalue weighted by molar-refractivity contribution is 7.99. The Bertz CT molecular complexity index is 905. The quantitative estimate of drug-likeness (QED) is 0.627. The molecule has 0 bridgehead atoms. The van der Waals surface area contributed by atoms with E-state index in [0.29, 0.717) is 34.1 Å². The number of methoxy groups -OCH3 is 2. The Kier molecular flexibility index (Phi) is 5.47. The second kappa shape index (κ2) is 7.96.